The van der Waals surface area contributed by atoms with Gasteiger partial charge in [-0.1, -0.05) is 90.9 Å². The number of nitrogens with zero attached hydrogens (tertiary/aromatic N) is 2. The van der Waals surface area contributed by atoms with Crippen LogP contribution in [0.5, 0.6) is 0 Å². The number of carboxylic acid groups (broad SMARTS) is 1. The zero-order chi connectivity index (χ0) is 50.8. The van der Waals surface area contributed by atoms with Crippen LogP contribution in [-0.2, 0) is 35.8 Å². The van der Waals surface area contributed by atoms with Crippen molar-refractivity contribution in [1.82, 2.24) is 47.0 Å². The van der Waals surface area contributed by atoms with E-state index in [0.29, 0.717) is 44.5 Å². The van der Waals surface area contributed by atoms with E-state index in [0.717, 1.165) is 37.2 Å². The van der Waals surface area contributed by atoms with Crippen LogP contribution in [0.2, 0.25) is 0 Å². The summed E-state index contributed by atoms with van der Waals surface area (Å²) in [7, 11) is 1.88. The van der Waals surface area contributed by atoms with Crippen molar-refractivity contribution >= 4 is 41.5 Å². The van der Waals surface area contributed by atoms with Crippen LogP contribution in [-0.4, -0.2) is 151 Å². The molecule has 5 atom stereocenters. The number of aliphatic hydroxyl groups excluding tert-OH is 1. The standard InChI is InChI=1S/C50H81N9O9/c1-10-59(11-2)30-16-15-21-39(46(64)57-42(33-60)45(63)51-26-17-28-58(9)29-18-27-52-49(67)68)54-48(66)40(31-34(3)4)55-43(61)35(5)53-47(65)41(32-36-19-13-12-14-20-36)56-44(62)37-22-24-38(25-23-37)50(6,7)8/h12-14,19-20,22-25,34-35,39-42,52,60H,10-11,15-18,21,26-33H2,1-9H3,(H,51,63)(H,53,65)(H,54,66)(H,55,61)(H,56,62)(H,57,64)(H,67,68)/t35-,39-,40-,41-,42-/m0/s1. The van der Waals surface area contributed by atoms with Crippen LogP contribution in [0.15, 0.2) is 54.6 Å². The molecule has 0 aliphatic carbocycles. The summed E-state index contributed by atoms with van der Waals surface area (Å²) >= 11 is 0. The zero-order valence-electron chi connectivity index (χ0n) is 41.9. The molecule has 7 amide bonds. The monoisotopic (exact) mass is 952 g/mol. The molecule has 68 heavy (non-hydrogen) atoms. The fourth-order valence-corrected chi connectivity index (χ4v) is 7.37. The second kappa shape index (κ2) is 30.7. The molecule has 0 radical (unpaired) electrons. The summed E-state index contributed by atoms with van der Waals surface area (Å²) in [6.07, 6.45) is 1.96. The highest BCUT2D eigenvalue weighted by Crippen LogP contribution is 2.22. The number of hydrogen-bond donors (Lipinski definition) is 9. The Kier molecular flexibility index (Phi) is 26.4. The summed E-state index contributed by atoms with van der Waals surface area (Å²) in [5.74, 6) is -3.67. The van der Waals surface area contributed by atoms with Crippen LogP contribution in [0, 0.1) is 5.92 Å². The van der Waals surface area contributed by atoms with Gasteiger partial charge in [-0.05, 0) is 120 Å². The van der Waals surface area contributed by atoms with E-state index in [1.165, 1.54) is 6.92 Å². The van der Waals surface area contributed by atoms with E-state index < -0.39 is 78.4 Å². The molecule has 0 heterocycles. The lowest BCUT2D eigenvalue weighted by Crippen LogP contribution is -2.59. The molecule has 2 aromatic rings. The molecule has 380 valence electrons. The molecule has 0 saturated heterocycles. The third kappa shape index (κ3) is 22.5. The van der Waals surface area contributed by atoms with Crippen LogP contribution in [0.3, 0.4) is 0 Å². The fourth-order valence-electron chi connectivity index (χ4n) is 7.37. The topological polar surface area (TPSA) is 251 Å². The van der Waals surface area contributed by atoms with Gasteiger partial charge < -0.3 is 57.2 Å². The molecule has 9 N–H and O–H groups in total. The largest absolute Gasteiger partial charge is 0.465 e. The molecule has 0 fully saturated rings. The van der Waals surface area contributed by atoms with Gasteiger partial charge in [0.15, 0.2) is 0 Å². The van der Waals surface area contributed by atoms with Crippen LogP contribution < -0.4 is 37.2 Å². The molecule has 0 aromatic heterocycles. The van der Waals surface area contributed by atoms with Crippen molar-refractivity contribution in [2.24, 2.45) is 5.92 Å². The second-order valence-electron chi connectivity index (χ2n) is 18.8. The number of nitrogens with one attached hydrogen (secondary N) is 7. The maximum Gasteiger partial charge on any atom is 0.404 e. The van der Waals surface area contributed by atoms with Gasteiger partial charge in [-0.3, -0.25) is 28.8 Å². The normalized spacial score (nSPS) is 13.7. The lowest BCUT2D eigenvalue weighted by Gasteiger charge is -2.27. The highest BCUT2D eigenvalue weighted by atomic mass is 16.4. The zero-order valence-corrected chi connectivity index (χ0v) is 41.9. The summed E-state index contributed by atoms with van der Waals surface area (Å²) in [5.41, 5.74) is 2.10. The van der Waals surface area contributed by atoms with Crippen molar-refractivity contribution in [2.75, 3.05) is 59.5 Å². The molecule has 0 aliphatic rings. The predicted octanol–water partition coefficient (Wildman–Crippen LogP) is 2.93. The second-order valence-corrected chi connectivity index (χ2v) is 18.8. The number of amides is 7. The van der Waals surface area contributed by atoms with E-state index in [1.54, 1.807) is 12.1 Å². The first-order valence-corrected chi connectivity index (χ1v) is 24.1. The first-order chi connectivity index (χ1) is 32.2. The summed E-state index contributed by atoms with van der Waals surface area (Å²) in [5, 5.41) is 37.7. The minimum absolute atomic E-state index is 0.0728. The quantitative estimate of drug-likeness (QED) is 0.0498. The summed E-state index contributed by atoms with van der Waals surface area (Å²) in [6.45, 7) is 19.2. The molecule has 0 aliphatic heterocycles. The number of aliphatic hydroxyl groups is 1. The number of unbranched alkanes of at least 4 members (excludes halogenated alkanes) is 1. The van der Waals surface area contributed by atoms with E-state index in [9.17, 15) is 38.7 Å². The number of hydrogen-bond acceptors (Lipinski definition) is 10. The maximum atomic E-state index is 14.1. The third-order valence-electron chi connectivity index (χ3n) is 11.6. The Hall–Kier alpha value is -5.59. The van der Waals surface area contributed by atoms with Gasteiger partial charge in [0, 0.05) is 25.1 Å². The lowest BCUT2D eigenvalue weighted by atomic mass is 9.86. The molecule has 18 heteroatoms. The van der Waals surface area contributed by atoms with E-state index in [4.69, 9.17) is 5.11 Å². The van der Waals surface area contributed by atoms with Crippen molar-refractivity contribution in [3.63, 3.8) is 0 Å². The summed E-state index contributed by atoms with van der Waals surface area (Å²) < 4.78 is 0. The first-order valence-electron chi connectivity index (χ1n) is 24.1. The predicted molar refractivity (Wildman–Crippen MR) is 264 cm³/mol. The molecule has 0 spiro atoms. The van der Waals surface area contributed by atoms with Gasteiger partial charge in [-0.25, -0.2) is 4.79 Å². The molecular weight excluding hydrogens is 871 g/mol. The minimum atomic E-state index is -1.29. The molecule has 0 bridgehead atoms. The average molecular weight is 952 g/mol. The van der Waals surface area contributed by atoms with Crippen molar-refractivity contribution in [3.05, 3.63) is 71.3 Å². The van der Waals surface area contributed by atoms with Gasteiger partial charge in [-0.2, -0.15) is 0 Å². The van der Waals surface area contributed by atoms with E-state index in [1.807, 2.05) is 68.3 Å². The number of rotatable bonds is 31. The Morgan fingerprint density at radius 2 is 1.18 bits per heavy atom. The van der Waals surface area contributed by atoms with Crippen LogP contribution in [0.1, 0.15) is 115 Å². The van der Waals surface area contributed by atoms with Gasteiger partial charge in [0.25, 0.3) is 5.91 Å². The molecule has 2 rings (SSSR count). The highest BCUT2D eigenvalue weighted by Gasteiger charge is 2.32. The average Bonchev–Trinajstić information content (AvgIpc) is 3.29. The Morgan fingerprint density at radius 3 is 1.74 bits per heavy atom. The SMILES string of the molecule is CCN(CC)CCCC[C@H](NC(=O)[C@H](CC(C)C)NC(=O)[C@H](C)NC(=O)[C@H](Cc1ccccc1)NC(=O)c1ccc(C(C)(C)C)cc1)C(=O)N[C@@H](CO)C(=O)NCCCN(C)CCCNC(=O)O. The van der Waals surface area contributed by atoms with E-state index >= 15 is 0 Å². The molecule has 2 aromatic carbocycles. The van der Waals surface area contributed by atoms with E-state index in [-0.39, 0.29) is 37.1 Å². The summed E-state index contributed by atoms with van der Waals surface area (Å²) in [4.78, 5) is 97.0. The molecular formula is C50H81N9O9. The summed E-state index contributed by atoms with van der Waals surface area (Å²) in [6, 6.07) is 10.7. The molecule has 0 unspecified atom stereocenters. The van der Waals surface area contributed by atoms with Crippen LogP contribution >= 0.6 is 0 Å². The third-order valence-corrected chi connectivity index (χ3v) is 11.6. The maximum absolute atomic E-state index is 14.1. The van der Waals surface area contributed by atoms with Gasteiger partial charge in [0.2, 0.25) is 29.5 Å². The molecule has 18 nitrogen and oxygen atoms in total. The van der Waals surface area contributed by atoms with E-state index in [2.05, 4.69) is 76.7 Å². The van der Waals surface area contributed by atoms with Crippen molar-refractivity contribution in [2.45, 2.75) is 136 Å². The van der Waals surface area contributed by atoms with Crippen molar-refractivity contribution in [3.8, 4) is 0 Å². The smallest absolute Gasteiger partial charge is 0.404 e. The first kappa shape index (κ1) is 58.5. The Balaban J connectivity index is 2.19. The van der Waals surface area contributed by atoms with Crippen molar-refractivity contribution in [1.29, 1.82) is 0 Å². The number of carbonyl (C=O) groups is 7. The highest BCUT2D eigenvalue weighted by molar-refractivity contribution is 5.99. The lowest BCUT2D eigenvalue weighted by molar-refractivity contribution is -0.135. The number of benzene rings is 2. The van der Waals surface area contributed by atoms with Gasteiger partial charge in [-0.15, -0.1) is 0 Å². The van der Waals surface area contributed by atoms with Gasteiger partial charge >= 0.3 is 6.09 Å². The Bertz CT molecular complexity index is 1870. The fraction of sp³-hybridized carbons (Fsp3) is 0.620. The van der Waals surface area contributed by atoms with Crippen LogP contribution in [0.25, 0.3) is 0 Å². The number of carbonyl (C=O) groups excluding carboxylic acids is 6. The van der Waals surface area contributed by atoms with Gasteiger partial charge in [0.1, 0.15) is 30.2 Å². The van der Waals surface area contributed by atoms with Crippen LogP contribution in [0.4, 0.5) is 4.79 Å². The van der Waals surface area contributed by atoms with Gasteiger partial charge in [0.05, 0.1) is 6.61 Å². The Labute approximate surface area is 403 Å². The minimum Gasteiger partial charge on any atom is -0.465 e. The Morgan fingerprint density at radius 1 is 0.618 bits per heavy atom. The molecule has 0 saturated carbocycles. The van der Waals surface area contributed by atoms with Crippen molar-refractivity contribution < 1.29 is 43.8 Å².